The number of amides is 1. The number of ether oxygens (including phenoxy) is 2. The van der Waals surface area contributed by atoms with Gasteiger partial charge in [-0.25, -0.2) is 0 Å². The minimum absolute atomic E-state index is 0.0561. The number of carbonyl (C=O) groups is 1. The Morgan fingerprint density at radius 2 is 1.35 bits per heavy atom. The fourth-order valence-corrected chi connectivity index (χ4v) is 10.9. The summed E-state index contributed by atoms with van der Waals surface area (Å²) in [6.07, 6.45) is 4.53. The normalized spacial score (nSPS) is 15.3. The number of likely N-dealkylation sites (N-methyl/N-ethyl adjacent to an activating group) is 1. The maximum Gasteiger partial charge on any atom is 0.261 e. The highest BCUT2D eigenvalue weighted by molar-refractivity contribution is 6.99. The number of carbonyl (C=O) groups excluding carboxylic acids is 1. The third-order valence-corrected chi connectivity index (χ3v) is 13.6. The molecule has 1 amide bonds. The lowest BCUT2D eigenvalue weighted by atomic mass is 9.99. The fraction of sp³-hybridized carbons (Fsp3) is 0.282. The van der Waals surface area contributed by atoms with Crippen LogP contribution in [-0.4, -0.2) is 53.3 Å². The molecule has 46 heavy (non-hydrogen) atoms. The van der Waals surface area contributed by atoms with Crippen molar-refractivity contribution < 1.29 is 18.7 Å². The molecule has 0 radical (unpaired) electrons. The van der Waals surface area contributed by atoms with E-state index in [2.05, 4.69) is 69.3 Å². The number of rotatable bonds is 11. The minimum Gasteiger partial charge on any atom is -0.493 e. The first-order valence-electron chi connectivity index (χ1n) is 15.9. The largest absolute Gasteiger partial charge is 0.493 e. The maximum absolute atomic E-state index is 14.1. The summed E-state index contributed by atoms with van der Waals surface area (Å²) in [5.41, 5.74) is 3.28. The van der Waals surface area contributed by atoms with Gasteiger partial charge in [-0.1, -0.05) is 124 Å². The van der Waals surface area contributed by atoms with Gasteiger partial charge in [0.1, 0.15) is 6.04 Å². The summed E-state index contributed by atoms with van der Waals surface area (Å²) < 4.78 is 18.3. The zero-order valence-electron chi connectivity index (χ0n) is 27.7. The van der Waals surface area contributed by atoms with Gasteiger partial charge in [0, 0.05) is 23.7 Å². The molecule has 0 spiro atoms. The Balaban J connectivity index is 1.48. The Labute approximate surface area is 274 Å². The van der Waals surface area contributed by atoms with E-state index in [-0.39, 0.29) is 10.9 Å². The van der Waals surface area contributed by atoms with Gasteiger partial charge < -0.3 is 18.8 Å². The molecule has 0 aromatic heterocycles. The van der Waals surface area contributed by atoms with Crippen molar-refractivity contribution in [1.82, 2.24) is 0 Å². The number of benzodiazepines with no additional fused rings is 1. The van der Waals surface area contributed by atoms with Gasteiger partial charge in [-0.05, 0) is 34.8 Å². The van der Waals surface area contributed by atoms with Crippen LogP contribution < -0.4 is 24.7 Å². The second-order valence-electron chi connectivity index (χ2n) is 12.3. The van der Waals surface area contributed by atoms with E-state index in [0.29, 0.717) is 31.1 Å². The van der Waals surface area contributed by atoms with Crippen LogP contribution in [0.25, 0.3) is 0 Å². The van der Waals surface area contributed by atoms with E-state index in [0.717, 1.165) is 22.5 Å². The summed E-state index contributed by atoms with van der Waals surface area (Å²) in [5, 5.41) is 2.35. The lowest BCUT2D eigenvalue weighted by Gasteiger charge is -2.42. The Morgan fingerprint density at radius 3 is 1.87 bits per heavy atom. The van der Waals surface area contributed by atoms with Crippen LogP contribution in [0.1, 0.15) is 45.2 Å². The zero-order chi connectivity index (χ0) is 32.7. The molecule has 0 N–H and O–H groups in total. The van der Waals surface area contributed by atoms with Gasteiger partial charge in [0.2, 0.25) is 0 Å². The first-order chi connectivity index (χ1) is 22.2. The molecule has 0 aliphatic carbocycles. The van der Waals surface area contributed by atoms with Gasteiger partial charge in [-0.2, -0.15) is 0 Å². The number of anilines is 1. The van der Waals surface area contributed by atoms with Crippen molar-refractivity contribution in [3.05, 3.63) is 126 Å². The van der Waals surface area contributed by atoms with Gasteiger partial charge in [0.15, 0.2) is 11.5 Å². The Morgan fingerprint density at radius 1 is 0.804 bits per heavy atom. The van der Waals surface area contributed by atoms with Crippen LogP contribution in [0.3, 0.4) is 0 Å². The average molecular weight is 633 g/mol. The highest BCUT2D eigenvalue weighted by Crippen LogP contribution is 2.39. The van der Waals surface area contributed by atoms with Crippen LogP contribution in [0.5, 0.6) is 11.5 Å². The predicted molar refractivity (Wildman–Crippen MR) is 191 cm³/mol. The number of methoxy groups -OCH3 is 2. The van der Waals surface area contributed by atoms with Crippen molar-refractivity contribution in [2.24, 2.45) is 4.99 Å². The molecule has 0 bridgehead atoms. The molecular weight excluding hydrogens is 589 g/mol. The van der Waals surface area contributed by atoms with Crippen LogP contribution in [0.4, 0.5) is 5.69 Å². The predicted octanol–water partition coefficient (Wildman–Crippen LogP) is 6.80. The number of hydrogen-bond acceptors (Lipinski definition) is 5. The highest BCUT2D eigenvalue weighted by atomic mass is 28.4. The molecular formula is C39H44N2O4Si. The van der Waals surface area contributed by atoms with Crippen LogP contribution in [0.15, 0.2) is 120 Å². The Kier molecular flexibility index (Phi) is 10.2. The topological polar surface area (TPSA) is 60.4 Å². The summed E-state index contributed by atoms with van der Waals surface area (Å²) in [7, 11) is 0.550. The van der Waals surface area contributed by atoms with Crippen molar-refractivity contribution in [2.45, 2.75) is 45.2 Å². The van der Waals surface area contributed by atoms with Crippen molar-refractivity contribution >= 4 is 36.0 Å². The monoisotopic (exact) mass is 632 g/mol. The van der Waals surface area contributed by atoms with Crippen LogP contribution >= 0.6 is 0 Å². The third-order valence-electron chi connectivity index (χ3n) is 8.59. The van der Waals surface area contributed by atoms with E-state index < -0.39 is 14.4 Å². The fourth-order valence-electron chi connectivity index (χ4n) is 6.39. The van der Waals surface area contributed by atoms with Crippen molar-refractivity contribution in [2.75, 3.05) is 32.3 Å². The van der Waals surface area contributed by atoms with E-state index in [1.54, 1.807) is 19.1 Å². The number of benzene rings is 4. The zero-order valence-corrected chi connectivity index (χ0v) is 28.7. The lowest BCUT2D eigenvalue weighted by molar-refractivity contribution is -0.119. The van der Waals surface area contributed by atoms with E-state index in [1.807, 2.05) is 73.7 Å². The van der Waals surface area contributed by atoms with Crippen LogP contribution in [0, 0.1) is 0 Å². The molecule has 1 aliphatic heterocycles. The van der Waals surface area contributed by atoms with E-state index >= 15 is 0 Å². The van der Waals surface area contributed by atoms with Crippen molar-refractivity contribution in [1.29, 1.82) is 0 Å². The second kappa shape index (κ2) is 14.3. The SMILES string of the molecule is CCN1C(=O)C(C/C=C\CO[Si](c2ccccc2)(c2ccccc2)C(C)(C)C)N=C(c2ccccc2)c2cc(OC)c(OC)cc21. The molecule has 238 valence electrons. The molecule has 1 heterocycles. The molecule has 0 fully saturated rings. The molecule has 0 saturated carbocycles. The molecule has 0 saturated heterocycles. The quantitative estimate of drug-likeness (QED) is 0.135. The van der Waals surface area contributed by atoms with Crippen molar-refractivity contribution in [3.8, 4) is 11.5 Å². The summed E-state index contributed by atoms with van der Waals surface area (Å²) in [5.74, 6) is 1.10. The third kappa shape index (κ3) is 6.43. The van der Waals surface area contributed by atoms with Gasteiger partial charge in [0.25, 0.3) is 14.2 Å². The second-order valence-corrected chi connectivity index (χ2v) is 16.7. The number of aliphatic imine (C=N–C) groups is 1. The van der Waals surface area contributed by atoms with Gasteiger partial charge in [0.05, 0.1) is 32.2 Å². The van der Waals surface area contributed by atoms with E-state index in [1.165, 1.54) is 10.4 Å². The van der Waals surface area contributed by atoms with Crippen LogP contribution in [0.2, 0.25) is 5.04 Å². The van der Waals surface area contributed by atoms with E-state index in [4.69, 9.17) is 18.9 Å². The molecule has 4 aromatic carbocycles. The van der Waals surface area contributed by atoms with Gasteiger partial charge in [-0.3, -0.25) is 9.79 Å². The first kappa shape index (κ1) is 32.9. The highest BCUT2D eigenvalue weighted by Gasteiger charge is 2.49. The first-order valence-corrected chi connectivity index (χ1v) is 17.8. The average Bonchev–Trinajstić information content (AvgIpc) is 3.19. The minimum atomic E-state index is -2.67. The Bertz CT molecular complexity index is 1640. The summed E-state index contributed by atoms with van der Waals surface area (Å²) >= 11 is 0. The van der Waals surface area contributed by atoms with Gasteiger partial charge >= 0.3 is 0 Å². The Hall–Kier alpha value is -4.46. The summed E-state index contributed by atoms with van der Waals surface area (Å²) in [4.78, 5) is 21.0. The molecule has 4 aromatic rings. The molecule has 1 atom stereocenters. The summed E-state index contributed by atoms with van der Waals surface area (Å²) in [6.45, 7) is 9.72. The molecule has 6 nitrogen and oxygen atoms in total. The smallest absolute Gasteiger partial charge is 0.261 e. The standard InChI is InChI=1S/C39H44N2O4Si/c1-7-41-34-28-36(44-6)35(43-5)27-32(34)37(29-19-11-8-12-20-29)40-33(38(41)42)25-17-18-26-45-46(39(2,3)4,30-21-13-9-14-22-30)31-23-15-10-16-24-31/h8-24,27-28,33H,7,25-26H2,1-6H3/b18-17-. The number of fused-ring (bicyclic) bond motifs is 1. The van der Waals surface area contributed by atoms with E-state index in [9.17, 15) is 4.79 Å². The van der Waals surface area contributed by atoms with Crippen LogP contribution in [-0.2, 0) is 9.22 Å². The molecule has 7 heteroatoms. The number of hydrogen-bond donors (Lipinski definition) is 0. The molecule has 1 unspecified atom stereocenters. The lowest BCUT2D eigenvalue weighted by Crippen LogP contribution is -2.66. The van der Waals surface area contributed by atoms with Gasteiger partial charge in [-0.15, -0.1) is 0 Å². The van der Waals surface area contributed by atoms with Crippen molar-refractivity contribution in [3.63, 3.8) is 0 Å². The molecule has 1 aliphatic rings. The summed E-state index contributed by atoms with van der Waals surface area (Å²) in [6, 6.07) is 34.4. The molecule has 5 rings (SSSR count). The number of nitrogens with zero attached hydrogens (tertiary/aromatic N) is 2. The maximum atomic E-state index is 14.1.